The van der Waals surface area contributed by atoms with E-state index < -0.39 is 8.24 Å². The second-order valence-corrected chi connectivity index (χ2v) is 8.48. The Kier molecular flexibility index (Phi) is 1.77. The number of nitrogens with zero attached hydrogens (tertiary/aromatic N) is 1. The van der Waals surface area contributed by atoms with Gasteiger partial charge in [-0.2, -0.15) is 0 Å². The van der Waals surface area contributed by atoms with E-state index in [1.807, 2.05) is 4.24 Å². The van der Waals surface area contributed by atoms with Crippen LogP contribution in [0.2, 0.25) is 19.6 Å². The SMILES string of the molecule is C[Si](C)(C)[N+]1=CCCC1=O. The van der Waals surface area contributed by atoms with Gasteiger partial charge in [-0.15, -0.1) is 0 Å². The van der Waals surface area contributed by atoms with Gasteiger partial charge in [-0.05, 0) is 19.6 Å². The van der Waals surface area contributed by atoms with Crippen molar-refractivity contribution in [1.82, 2.24) is 0 Å². The van der Waals surface area contributed by atoms with Crippen LogP contribution in [0, 0.1) is 0 Å². The van der Waals surface area contributed by atoms with Crippen LogP contribution in [-0.4, -0.2) is 24.6 Å². The molecule has 0 aromatic heterocycles. The van der Waals surface area contributed by atoms with Gasteiger partial charge in [0.15, 0.2) is 0 Å². The van der Waals surface area contributed by atoms with Crippen molar-refractivity contribution < 1.29 is 9.04 Å². The fraction of sp³-hybridized carbons (Fsp3) is 0.714. The van der Waals surface area contributed by atoms with Crippen LogP contribution >= 0.6 is 0 Å². The topological polar surface area (TPSA) is 20.1 Å². The van der Waals surface area contributed by atoms with Crippen molar-refractivity contribution in [1.29, 1.82) is 0 Å². The van der Waals surface area contributed by atoms with E-state index in [4.69, 9.17) is 0 Å². The first-order valence-electron chi connectivity index (χ1n) is 3.67. The minimum Gasteiger partial charge on any atom is -0.246 e. The summed E-state index contributed by atoms with van der Waals surface area (Å²) in [4.78, 5) is 11.2. The second kappa shape index (κ2) is 2.31. The number of rotatable bonds is 1. The predicted molar refractivity (Wildman–Crippen MR) is 43.9 cm³/mol. The molecule has 0 spiro atoms. The molecule has 1 aliphatic rings. The summed E-state index contributed by atoms with van der Waals surface area (Å²) >= 11 is 0. The molecule has 1 heterocycles. The average Bonchev–Trinajstić information content (AvgIpc) is 2.11. The number of hydrogen-bond donors (Lipinski definition) is 0. The van der Waals surface area contributed by atoms with Crippen LogP contribution in [0.25, 0.3) is 0 Å². The minimum absolute atomic E-state index is 0.319. The normalized spacial score (nSPS) is 19.5. The van der Waals surface area contributed by atoms with Gasteiger partial charge in [-0.1, -0.05) is 0 Å². The van der Waals surface area contributed by atoms with Gasteiger partial charge in [0, 0.05) is 6.42 Å². The summed E-state index contributed by atoms with van der Waals surface area (Å²) in [7, 11) is -1.36. The lowest BCUT2D eigenvalue weighted by molar-refractivity contribution is -0.321. The molecular formula is C7H14NOSi+. The Hall–Kier alpha value is -0.443. The van der Waals surface area contributed by atoms with Gasteiger partial charge >= 0.3 is 14.1 Å². The van der Waals surface area contributed by atoms with Crippen molar-refractivity contribution in [3.8, 4) is 0 Å². The first-order valence-corrected chi connectivity index (χ1v) is 7.12. The molecule has 1 rings (SSSR count). The third-order valence-electron chi connectivity index (χ3n) is 1.66. The lowest BCUT2D eigenvalue weighted by Crippen LogP contribution is -2.40. The van der Waals surface area contributed by atoms with Crippen LogP contribution in [0.5, 0.6) is 0 Å². The van der Waals surface area contributed by atoms with Crippen molar-refractivity contribution in [2.45, 2.75) is 32.5 Å². The molecule has 0 aromatic rings. The maximum absolute atomic E-state index is 11.2. The summed E-state index contributed by atoms with van der Waals surface area (Å²) in [5, 5.41) is 0. The van der Waals surface area contributed by atoms with Crippen molar-refractivity contribution in [2.24, 2.45) is 0 Å². The molecule has 1 aliphatic heterocycles. The van der Waals surface area contributed by atoms with Gasteiger partial charge in [-0.25, -0.2) is 9.04 Å². The zero-order valence-electron chi connectivity index (χ0n) is 6.85. The predicted octanol–water partition coefficient (Wildman–Crippen LogP) is 1.22. The molecule has 0 aliphatic carbocycles. The lowest BCUT2D eigenvalue weighted by atomic mass is 10.4. The average molecular weight is 156 g/mol. The third-order valence-corrected chi connectivity index (χ3v) is 3.54. The maximum Gasteiger partial charge on any atom is 0.366 e. The molecule has 3 heteroatoms. The Balaban J connectivity index is 2.82. The van der Waals surface area contributed by atoms with Crippen LogP contribution in [0.1, 0.15) is 12.8 Å². The Morgan fingerprint density at radius 3 is 2.30 bits per heavy atom. The smallest absolute Gasteiger partial charge is 0.246 e. The summed E-state index contributed by atoms with van der Waals surface area (Å²) in [6.45, 7) is 6.56. The quantitative estimate of drug-likeness (QED) is 0.523. The summed E-state index contributed by atoms with van der Waals surface area (Å²) in [6, 6.07) is 0. The molecule has 0 fully saturated rings. The molecule has 56 valence electrons. The number of carbonyl (C=O) groups is 1. The van der Waals surface area contributed by atoms with E-state index in [0.29, 0.717) is 5.91 Å². The molecule has 0 N–H and O–H groups in total. The Morgan fingerprint density at radius 2 is 2.10 bits per heavy atom. The molecule has 0 atom stereocenters. The van der Waals surface area contributed by atoms with E-state index in [-0.39, 0.29) is 0 Å². The lowest BCUT2D eigenvalue weighted by Gasteiger charge is -2.08. The standard InChI is InChI=1S/C7H14NOSi/c1-10(2,3)8-6-4-5-7(8)9/h6H,4-5H2,1-3H3/q+1. The summed E-state index contributed by atoms with van der Waals surface area (Å²) in [5.41, 5.74) is 0. The van der Waals surface area contributed by atoms with Crippen LogP contribution in [0.3, 0.4) is 0 Å². The van der Waals surface area contributed by atoms with E-state index in [0.717, 1.165) is 12.8 Å². The summed E-state index contributed by atoms with van der Waals surface area (Å²) in [5.74, 6) is 0.319. The highest BCUT2D eigenvalue weighted by atomic mass is 28.3. The van der Waals surface area contributed by atoms with Crippen LogP contribution < -0.4 is 0 Å². The van der Waals surface area contributed by atoms with Gasteiger partial charge in [0.25, 0.3) is 0 Å². The van der Waals surface area contributed by atoms with Crippen molar-refractivity contribution in [3.63, 3.8) is 0 Å². The largest absolute Gasteiger partial charge is 0.366 e. The third kappa shape index (κ3) is 1.34. The van der Waals surface area contributed by atoms with Crippen LogP contribution in [-0.2, 0) is 4.79 Å². The van der Waals surface area contributed by atoms with Crippen LogP contribution in [0.4, 0.5) is 0 Å². The second-order valence-electron chi connectivity index (χ2n) is 3.66. The fourth-order valence-electron chi connectivity index (χ4n) is 1.19. The fourth-order valence-corrected chi connectivity index (χ4v) is 2.72. The number of carbonyl (C=O) groups excluding carboxylic acids is 1. The Morgan fingerprint density at radius 1 is 1.50 bits per heavy atom. The molecular weight excluding hydrogens is 142 g/mol. The monoisotopic (exact) mass is 156 g/mol. The van der Waals surface area contributed by atoms with Crippen molar-refractivity contribution in [2.75, 3.05) is 0 Å². The van der Waals surface area contributed by atoms with Crippen molar-refractivity contribution in [3.05, 3.63) is 0 Å². The van der Waals surface area contributed by atoms with Gasteiger partial charge in [0.2, 0.25) is 0 Å². The Labute approximate surface area is 62.7 Å². The first kappa shape index (κ1) is 7.66. The molecule has 0 aromatic carbocycles. The van der Waals surface area contributed by atoms with Gasteiger partial charge < -0.3 is 0 Å². The highest BCUT2D eigenvalue weighted by molar-refractivity contribution is 6.69. The molecule has 0 unspecified atom stereocenters. The molecule has 0 bridgehead atoms. The van der Waals surface area contributed by atoms with E-state index >= 15 is 0 Å². The summed E-state index contributed by atoms with van der Waals surface area (Å²) < 4.78 is 1.97. The summed E-state index contributed by atoms with van der Waals surface area (Å²) in [6.07, 6.45) is 3.72. The van der Waals surface area contributed by atoms with E-state index in [2.05, 4.69) is 25.9 Å². The van der Waals surface area contributed by atoms with Crippen LogP contribution in [0.15, 0.2) is 0 Å². The highest BCUT2D eigenvalue weighted by Gasteiger charge is 2.37. The molecule has 0 radical (unpaired) electrons. The molecule has 10 heavy (non-hydrogen) atoms. The minimum atomic E-state index is -1.36. The first-order chi connectivity index (χ1) is 4.52. The van der Waals surface area contributed by atoms with Gasteiger partial charge in [0.1, 0.15) is 6.21 Å². The van der Waals surface area contributed by atoms with Gasteiger partial charge in [-0.3, -0.25) is 0 Å². The zero-order chi connectivity index (χ0) is 7.78. The molecule has 0 saturated heterocycles. The zero-order valence-corrected chi connectivity index (χ0v) is 7.85. The Bertz CT molecular complexity index is 190. The molecule has 0 saturated carbocycles. The number of hydrogen-bond acceptors (Lipinski definition) is 1. The van der Waals surface area contributed by atoms with Crippen molar-refractivity contribution >= 4 is 20.4 Å². The number of amides is 1. The molecule has 1 amide bonds. The van der Waals surface area contributed by atoms with E-state index in [1.165, 1.54) is 0 Å². The van der Waals surface area contributed by atoms with E-state index in [1.54, 1.807) is 0 Å². The molecule has 2 nitrogen and oxygen atoms in total. The highest BCUT2D eigenvalue weighted by Crippen LogP contribution is 2.09. The van der Waals surface area contributed by atoms with Gasteiger partial charge in [0.05, 0.1) is 6.42 Å². The van der Waals surface area contributed by atoms with E-state index in [9.17, 15) is 4.79 Å². The maximum atomic E-state index is 11.2.